The molecular formula is C10H16N2O4S3. The number of methoxy groups -OCH3 is 1. The molecule has 0 bridgehead atoms. The Bertz CT molecular complexity index is 492. The van der Waals surface area contributed by atoms with Gasteiger partial charge in [-0.15, -0.1) is 0 Å². The van der Waals surface area contributed by atoms with E-state index < -0.39 is 9.05 Å². The fourth-order valence-corrected chi connectivity index (χ4v) is 1.07. The lowest BCUT2D eigenvalue weighted by atomic mass is 10.2. The Morgan fingerprint density at radius 1 is 1.47 bits per heavy atom. The summed E-state index contributed by atoms with van der Waals surface area (Å²) in [6.45, 7) is 0.594. The van der Waals surface area contributed by atoms with Crippen LogP contribution >= 0.6 is 12.6 Å². The van der Waals surface area contributed by atoms with Crippen molar-refractivity contribution < 1.29 is 18.1 Å². The van der Waals surface area contributed by atoms with Crippen LogP contribution in [0.2, 0.25) is 0 Å². The van der Waals surface area contributed by atoms with Crippen LogP contribution in [-0.2, 0) is 26.8 Å². The summed E-state index contributed by atoms with van der Waals surface area (Å²) in [4.78, 5) is 4.15. The first kappa shape index (κ1) is 18.1. The zero-order chi connectivity index (χ0) is 14.9. The highest BCUT2D eigenvalue weighted by Crippen LogP contribution is 2.11. The van der Waals surface area contributed by atoms with E-state index >= 15 is 0 Å². The van der Waals surface area contributed by atoms with Gasteiger partial charge in [0.1, 0.15) is 11.6 Å². The van der Waals surface area contributed by atoms with Crippen LogP contribution in [0.15, 0.2) is 29.3 Å². The van der Waals surface area contributed by atoms with Gasteiger partial charge in [-0.2, -0.15) is 16.8 Å². The molecule has 0 saturated heterocycles. The highest BCUT2D eigenvalue weighted by molar-refractivity contribution is 8.26. The molecule has 0 unspecified atom stereocenters. The second kappa shape index (κ2) is 9.10. The molecule has 1 aromatic rings. The number of ether oxygens (including phenoxy) is 1. The molecule has 108 valence electrons. The van der Waals surface area contributed by atoms with E-state index in [1.54, 1.807) is 7.11 Å². The lowest BCUT2D eigenvalue weighted by Crippen LogP contribution is -2.13. The molecule has 0 amide bonds. The number of nitrogens with two attached hydrogens (primary N) is 1. The minimum atomic E-state index is -3.83. The fraction of sp³-hybridized carbons (Fsp3) is 0.300. The van der Waals surface area contributed by atoms with Crippen molar-refractivity contribution >= 4 is 38.7 Å². The van der Waals surface area contributed by atoms with Gasteiger partial charge in [0.05, 0.1) is 13.7 Å². The predicted molar refractivity (Wildman–Crippen MR) is 82.9 cm³/mol. The van der Waals surface area contributed by atoms with Gasteiger partial charge >= 0.3 is 0 Å². The van der Waals surface area contributed by atoms with Crippen LogP contribution in [0, 0.1) is 0 Å². The summed E-state index contributed by atoms with van der Waals surface area (Å²) < 4.78 is 29.0. The van der Waals surface area contributed by atoms with Crippen molar-refractivity contribution in [2.24, 2.45) is 10.7 Å². The van der Waals surface area contributed by atoms with Gasteiger partial charge in [-0.1, -0.05) is 12.1 Å². The van der Waals surface area contributed by atoms with Crippen LogP contribution in [0.5, 0.6) is 5.75 Å². The molecule has 0 aliphatic rings. The first-order valence-electron chi connectivity index (χ1n) is 4.98. The quantitative estimate of drug-likeness (QED) is 0.376. The standard InChI is InChI=1S/C10H14N2OS.H2O3S2/c1-13-9-4-2-8(3-5-9)6-12-10(11)7-14;1-5(2,3)4/h2-5,14H,6-7H2,1H3,(H2,11,12);(H2,1,2,3,4). The molecule has 1 rings (SSSR count). The van der Waals surface area contributed by atoms with Crippen molar-refractivity contribution in [1.82, 2.24) is 0 Å². The third-order valence-electron chi connectivity index (χ3n) is 1.79. The van der Waals surface area contributed by atoms with Crippen molar-refractivity contribution in [1.29, 1.82) is 0 Å². The first-order valence-corrected chi connectivity index (χ1v) is 8.01. The lowest BCUT2D eigenvalue weighted by Gasteiger charge is -2.01. The minimum Gasteiger partial charge on any atom is -0.497 e. The predicted octanol–water partition coefficient (Wildman–Crippen LogP) is 1.16. The van der Waals surface area contributed by atoms with E-state index in [9.17, 15) is 0 Å². The molecule has 0 fully saturated rings. The molecule has 1 aromatic carbocycles. The molecule has 0 aromatic heterocycles. The average molecular weight is 324 g/mol. The second-order valence-electron chi connectivity index (χ2n) is 3.26. The molecule has 4 N–H and O–H groups in total. The Kier molecular flexibility index (Phi) is 8.68. The van der Waals surface area contributed by atoms with Gasteiger partial charge in [0, 0.05) is 16.9 Å². The molecule has 0 spiro atoms. The number of thiol groups is 1. The molecule has 0 saturated carbocycles. The summed E-state index contributed by atoms with van der Waals surface area (Å²) in [5.74, 6) is 1.90. The normalized spacial score (nSPS) is 11.5. The van der Waals surface area contributed by atoms with E-state index in [1.807, 2.05) is 24.3 Å². The lowest BCUT2D eigenvalue weighted by molar-refractivity contribution is 0.414. The van der Waals surface area contributed by atoms with Crippen LogP contribution in [0.25, 0.3) is 0 Å². The first-order chi connectivity index (χ1) is 8.76. The van der Waals surface area contributed by atoms with Gasteiger partial charge in [-0.3, -0.25) is 14.1 Å². The molecule has 0 aliphatic heterocycles. The van der Waals surface area contributed by atoms with Crippen LogP contribution in [-0.4, -0.2) is 32.0 Å². The molecule has 0 heterocycles. The SMILES string of the molecule is COc1ccc(CN=C(N)CS)cc1.O=S(O)(O)=S. The van der Waals surface area contributed by atoms with Crippen LogP contribution in [0.3, 0.4) is 0 Å². The van der Waals surface area contributed by atoms with E-state index in [1.165, 1.54) is 0 Å². The summed E-state index contributed by atoms with van der Waals surface area (Å²) in [6.07, 6.45) is 0. The largest absolute Gasteiger partial charge is 0.497 e. The maximum atomic E-state index is 9.11. The highest BCUT2D eigenvalue weighted by atomic mass is 32.9. The van der Waals surface area contributed by atoms with Gasteiger partial charge in [0.25, 0.3) is 9.05 Å². The number of amidine groups is 1. The van der Waals surface area contributed by atoms with Crippen molar-refractivity contribution in [3.8, 4) is 5.75 Å². The van der Waals surface area contributed by atoms with Crippen molar-refractivity contribution in [2.45, 2.75) is 6.54 Å². The maximum absolute atomic E-state index is 9.11. The summed E-state index contributed by atoms with van der Waals surface area (Å²) in [6, 6.07) is 7.74. The molecule has 0 radical (unpaired) electrons. The van der Waals surface area contributed by atoms with E-state index in [4.69, 9.17) is 23.8 Å². The average Bonchev–Trinajstić information content (AvgIpc) is 2.34. The highest BCUT2D eigenvalue weighted by Gasteiger charge is 1.93. The summed E-state index contributed by atoms with van der Waals surface area (Å²) in [7, 11) is -2.19. The monoisotopic (exact) mass is 324 g/mol. The zero-order valence-corrected chi connectivity index (χ0v) is 12.8. The van der Waals surface area contributed by atoms with Gasteiger partial charge in [-0.25, -0.2) is 0 Å². The Labute approximate surface area is 122 Å². The number of benzene rings is 1. The Hall–Kier alpha value is -0.870. The summed E-state index contributed by atoms with van der Waals surface area (Å²) in [5.41, 5.74) is 6.63. The van der Waals surface area contributed by atoms with Gasteiger partial charge in [0.15, 0.2) is 0 Å². The van der Waals surface area contributed by atoms with Crippen molar-refractivity contribution in [3.05, 3.63) is 29.8 Å². The van der Waals surface area contributed by atoms with Crippen LogP contribution in [0.1, 0.15) is 5.56 Å². The van der Waals surface area contributed by atoms with E-state index in [-0.39, 0.29) is 0 Å². The molecule has 0 atom stereocenters. The van der Waals surface area contributed by atoms with Crippen LogP contribution in [0.4, 0.5) is 0 Å². The Morgan fingerprint density at radius 3 is 2.32 bits per heavy atom. The third-order valence-corrected chi connectivity index (χ3v) is 2.11. The number of nitrogens with zero attached hydrogens (tertiary/aromatic N) is 1. The summed E-state index contributed by atoms with van der Waals surface area (Å²) >= 11 is 7.48. The topological polar surface area (TPSA) is 105 Å². The van der Waals surface area contributed by atoms with Crippen LogP contribution < -0.4 is 10.5 Å². The molecule has 19 heavy (non-hydrogen) atoms. The number of aliphatic imine (C=N–C) groups is 1. The Morgan fingerprint density at radius 2 is 1.95 bits per heavy atom. The van der Waals surface area contributed by atoms with Crippen molar-refractivity contribution in [3.63, 3.8) is 0 Å². The third kappa shape index (κ3) is 11.9. The molecule has 9 heteroatoms. The van der Waals surface area contributed by atoms with Gasteiger partial charge in [-0.05, 0) is 17.7 Å². The van der Waals surface area contributed by atoms with E-state index in [0.717, 1.165) is 11.3 Å². The number of rotatable bonds is 4. The van der Waals surface area contributed by atoms with Crippen molar-refractivity contribution in [2.75, 3.05) is 12.9 Å². The zero-order valence-electron chi connectivity index (χ0n) is 10.2. The molecule has 0 aliphatic carbocycles. The summed E-state index contributed by atoms with van der Waals surface area (Å²) in [5, 5.41) is 0. The van der Waals surface area contributed by atoms with Gasteiger partial charge in [0.2, 0.25) is 0 Å². The Balaban J connectivity index is 0.000000555. The maximum Gasteiger partial charge on any atom is 0.263 e. The number of hydrogen-bond donors (Lipinski definition) is 4. The molecule has 6 nitrogen and oxygen atoms in total. The fourth-order valence-electron chi connectivity index (χ4n) is 0.974. The van der Waals surface area contributed by atoms with Gasteiger partial charge < -0.3 is 10.5 Å². The molecular weight excluding hydrogens is 308 g/mol. The number of hydrogen-bond acceptors (Lipinski definition) is 5. The van der Waals surface area contributed by atoms with E-state index in [0.29, 0.717) is 18.1 Å². The van der Waals surface area contributed by atoms with E-state index in [2.05, 4.69) is 28.8 Å². The smallest absolute Gasteiger partial charge is 0.263 e. The minimum absolute atomic E-state index is 0.496. The second-order valence-corrected chi connectivity index (χ2v) is 5.78.